The van der Waals surface area contributed by atoms with Crippen LogP contribution in [0.1, 0.15) is 42.0 Å². The van der Waals surface area contributed by atoms with Gasteiger partial charge < -0.3 is 5.32 Å². The Kier molecular flexibility index (Phi) is 6.61. The predicted octanol–water partition coefficient (Wildman–Crippen LogP) is 3.17. The highest BCUT2D eigenvalue weighted by molar-refractivity contribution is 7.91. The lowest BCUT2D eigenvalue weighted by molar-refractivity contribution is -0.116. The van der Waals surface area contributed by atoms with Crippen LogP contribution >= 0.6 is 0 Å². The second-order valence-electron chi connectivity index (χ2n) is 7.21. The molecule has 30 heavy (non-hydrogen) atoms. The van der Waals surface area contributed by atoms with Crippen LogP contribution in [0, 0.1) is 13.8 Å². The van der Waals surface area contributed by atoms with Gasteiger partial charge in [-0.2, -0.15) is 4.68 Å². The lowest BCUT2D eigenvalue weighted by Gasteiger charge is -2.14. The number of carbonyl (C=O) groups is 1. The van der Waals surface area contributed by atoms with E-state index in [1.165, 1.54) is 4.68 Å². The zero-order valence-electron chi connectivity index (χ0n) is 17.2. The Morgan fingerprint density at radius 2 is 1.73 bits per heavy atom. The van der Waals surface area contributed by atoms with Crippen molar-refractivity contribution < 1.29 is 13.2 Å². The largest absolute Gasteiger partial charge is 0.326 e. The minimum absolute atomic E-state index is 0.114. The quantitative estimate of drug-likeness (QED) is 0.592. The van der Waals surface area contributed by atoms with Crippen molar-refractivity contribution in [3.8, 4) is 5.69 Å². The Hall–Kier alpha value is -3.07. The maximum atomic E-state index is 12.8. The summed E-state index contributed by atoms with van der Waals surface area (Å²) < 4.78 is 27.1. The number of carbonyl (C=O) groups excluding carboxylic acids is 1. The molecule has 1 heterocycles. The van der Waals surface area contributed by atoms with Crippen LogP contribution in [0.5, 0.6) is 0 Å². The van der Waals surface area contributed by atoms with Gasteiger partial charge in [0.1, 0.15) is 5.25 Å². The highest BCUT2D eigenvalue weighted by Gasteiger charge is 2.28. The van der Waals surface area contributed by atoms with Crippen LogP contribution in [-0.2, 0) is 14.6 Å². The molecule has 0 radical (unpaired) electrons. The molecule has 0 bridgehead atoms. The molecule has 0 fully saturated rings. The van der Waals surface area contributed by atoms with E-state index in [2.05, 4.69) is 20.8 Å². The summed E-state index contributed by atoms with van der Waals surface area (Å²) in [4.78, 5) is 12.3. The maximum absolute atomic E-state index is 12.8. The van der Waals surface area contributed by atoms with Gasteiger partial charge in [-0.1, -0.05) is 36.4 Å². The Bertz CT molecular complexity index is 1110. The van der Waals surface area contributed by atoms with Crippen LogP contribution in [0.2, 0.25) is 0 Å². The fourth-order valence-corrected chi connectivity index (χ4v) is 4.55. The van der Waals surface area contributed by atoms with Crippen LogP contribution in [0.25, 0.3) is 5.69 Å². The number of nitrogens with one attached hydrogen (secondary N) is 1. The van der Waals surface area contributed by atoms with Gasteiger partial charge in [0, 0.05) is 12.1 Å². The number of para-hydroxylation sites is 2. The lowest BCUT2D eigenvalue weighted by atomic mass is 10.1. The number of nitrogens with zero attached hydrogens (tertiary/aromatic N) is 4. The normalized spacial score (nSPS) is 12.5. The summed E-state index contributed by atoms with van der Waals surface area (Å²) in [6.45, 7) is 5.41. The van der Waals surface area contributed by atoms with Crippen LogP contribution in [0.4, 0.5) is 5.69 Å². The molecule has 0 aliphatic rings. The number of hydrogen-bond donors (Lipinski definition) is 1. The van der Waals surface area contributed by atoms with Crippen molar-refractivity contribution in [2.24, 2.45) is 0 Å². The van der Waals surface area contributed by atoms with E-state index in [9.17, 15) is 13.2 Å². The molecule has 158 valence electrons. The molecule has 8 nitrogen and oxygen atoms in total. The van der Waals surface area contributed by atoms with Crippen molar-refractivity contribution >= 4 is 21.4 Å². The fraction of sp³-hybridized carbons (Fsp3) is 0.333. The van der Waals surface area contributed by atoms with E-state index in [4.69, 9.17) is 0 Å². The third-order valence-electron chi connectivity index (χ3n) is 4.97. The molecule has 1 aromatic heterocycles. The fourth-order valence-electron chi connectivity index (χ4n) is 3.19. The summed E-state index contributed by atoms with van der Waals surface area (Å²) in [5.74, 6) is -0.0822. The molecule has 1 amide bonds. The van der Waals surface area contributed by atoms with E-state index < -0.39 is 15.1 Å². The first kappa shape index (κ1) is 21.6. The van der Waals surface area contributed by atoms with E-state index in [1.807, 2.05) is 50.2 Å². The zero-order valence-corrected chi connectivity index (χ0v) is 18.1. The van der Waals surface area contributed by atoms with Crippen molar-refractivity contribution in [3.05, 3.63) is 65.5 Å². The molecule has 0 aliphatic heterocycles. The topological polar surface area (TPSA) is 107 Å². The minimum atomic E-state index is -3.54. The first-order chi connectivity index (χ1) is 14.3. The summed E-state index contributed by atoms with van der Waals surface area (Å²) in [6, 6.07) is 14.9. The number of aromatic nitrogens is 4. The first-order valence-corrected chi connectivity index (χ1v) is 11.4. The van der Waals surface area contributed by atoms with Crippen LogP contribution in [-0.4, -0.2) is 40.3 Å². The maximum Gasteiger partial charge on any atom is 0.224 e. The van der Waals surface area contributed by atoms with Crippen LogP contribution < -0.4 is 5.32 Å². The molecule has 1 unspecified atom stereocenters. The third-order valence-corrected chi connectivity index (χ3v) is 7.12. The van der Waals surface area contributed by atoms with E-state index in [0.29, 0.717) is 5.69 Å². The van der Waals surface area contributed by atoms with E-state index in [0.717, 1.165) is 16.8 Å². The minimum Gasteiger partial charge on any atom is -0.326 e. The van der Waals surface area contributed by atoms with Gasteiger partial charge in [-0.05, 0) is 60.9 Å². The average Bonchev–Trinajstić information content (AvgIpc) is 3.20. The van der Waals surface area contributed by atoms with Crippen molar-refractivity contribution in [2.45, 2.75) is 38.9 Å². The first-order valence-electron chi connectivity index (χ1n) is 9.71. The molecule has 9 heteroatoms. The van der Waals surface area contributed by atoms with Gasteiger partial charge in [-0.25, -0.2) is 8.42 Å². The Morgan fingerprint density at radius 1 is 1.07 bits per heavy atom. The summed E-state index contributed by atoms with van der Waals surface area (Å²) in [5.41, 5.74) is 3.41. The highest BCUT2D eigenvalue weighted by atomic mass is 32.2. The van der Waals surface area contributed by atoms with Crippen molar-refractivity contribution in [3.63, 3.8) is 0 Å². The molecule has 3 aromatic rings. The molecule has 3 rings (SSSR count). The smallest absolute Gasteiger partial charge is 0.224 e. The molecule has 0 saturated heterocycles. The van der Waals surface area contributed by atoms with E-state index in [1.54, 1.807) is 19.1 Å². The number of aryl methyl sites for hydroxylation is 2. The zero-order chi connectivity index (χ0) is 21.7. The summed E-state index contributed by atoms with van der Waals surface area (Å²) in [7, 11) is -3.54. The van der Waals surface area contributed by atoms with Crippen LogP contribution in [0.15, 0.2) is 48.5 Å². The Balaban J connectivity index is 1.62. The Labute approximate surface area is 176 Å². The molecule has 0 spiro atoms. The summed E-state index contributed by atoms with van der Waals surface area (Å²) in [6.07, 6.45) is 0.333. The number of amides is 1. The number of hydrogen-bond acceptors (Lipinski definition) is 6. The molecular formula is C21H25N5O3S. The molecular weight excluding hydrogens is 402 g/mol. The van der Waals surface area contributed by atoms with Gasteiger partial charge in [0.2, 0.25) is 5.91 Å². The standard InChI is InChI=1S/C21H25N5O3S/c1-15-9-7-10-16(2)20(15)22-19(27)13-8-14-30(28,29)17(3)21-23-24-25-26(21)18-11-5-4-6-12-18/h4-7,9-12,17H,8,13-14H2,1-3H3,(H,22,27). The SMILES string of the molecule is Cc1cccc(C)c1NC(=O)CCCS(=O)(=O)C(C)c1nnnn1-c1ccccc1. The van der Waals surface area contributed by atoms with Gasteiger partial charge in [-0.3, -0.25) is 4.79 Å². The second-order valence-corrected chi connectivity index (χ2v) is 9.65. The summed E-state index contributed by atoms with van der Waals surface area (Å²) >= 11 is 0. The molecule has 0 saturated carbocycles. The van der Waals surface area contributed by atoms with Crippen molar-refractivity contribution in [1.82, 2.24) is 20.2 Å². The predicted molar refractivity (Wildman–Crippen MR) is 115 cm³/mol. The van der Waals surface area contributed by atoms with E-state index in [-0.39, 0.29) is 30.3 Å². The number of sulfone groups is 1. The summed E-state index contributed by atoms with van der Waals surface area (Å²) in [5, 5.41) is 13.5. The monoisotopic (exact) mass is 427 g/mol. The van der Waals surface area contributed by atoms with Gasteiger partial charge in [0.25, 0.3) is 0 Å². The van der Waals surface area contributed by atoms with Crippen molar-refractivity contribution in [2.75, 3.05) is 11.1 Å². The average molecular weight is 428 g/mol. The Morgan fingerprint density at radius 3 is 2.40 bits per heavy atom. The number of tetrazole rings is 1. The molecule has 1 N–H and O–H groups in total. The van der Waals surface area contributed by atoms with Gasteiger partial charge in [-0.15, -0.1) is 5.10 Å². The number of benzene rings is 2. The molecule has 1 atom stereocenters. The molecule has 0 aliphatic carbocycles. The molecule has 2 aromatic carbocycles. The lowest BCUT2D eigenvalue weighted by Crippen LogP contribution is -2.20. The number of rotatable bonds is 8. The van der Waals surface area contributed by atoms with E-state index >= 15 is 0 Å². The number of anilines is 1. The highest BCUT2D eigenvalue weighted by Crippen LogP contribution is 2.24. The van der Waals surface area contributed by atoms with Crippen LogP contribution in [0.3, 0.4) is 0 Å². The third kappa shape index (κ3) is 4.91. The van der Waals surface area contributed by atoms with Gasteiger partial charge in [0.15, 0.2) is 15.7 Å². The van der Waals surface area contributed by atoms with Crippen molar-refractivity contribution in [1.29, 1.82) is 0 Å². The van der Waals surface area contributed by atoms with Gasteiger partial charge >= 0.3 is 0 Å². The van der Waals surface area contributed by atoms with Gasteiger partial charge in [0.05, 0.1) is 11.4 Å². The second kappa shape index (κ2) is 9.17.